The number of nitrogens with zero attached hydrogens (tertiary/aromatic N) is 2. The standard InChI is InChI=1S/C14H10Cl2N4/c15-8-1-3-11(16)13(5-8)20-14-10-6-9(17)2-4-12(10)18-7-19-14/h1-7H,17H2,(H,18,19,20). The summed E-state index contributed by atoms with van der Waals surface area (Å²) in [4.78, 5) is 8.43. The first kappa shape index (κ1) is 13.0. The van der Waals surface area contributed by atoms with Gasteiger partial charge in [0, 0.05) is 16.1 Å². The highest BCUT2D eigenvalue weighted by Crippen LogP contribution is 2.30. The first-order valence-corrected chi connectivity index (χ1v) is 6.61. The number of aromatic nitrogens is 2. The number of hydrogen-bond acceptors (Lipinski definition) is 4. The van der Waals surface area contributed by atoms with Crippen LogP contribution in [0.25, 0.3) is 10.9 Å². The van der Waals surface area contributed by atoms with Gasteiger partial charge in [-0.15, -0.1) is 0 Å². The topological polar surface area (TPSA) is 63.8 Å². The molecule has 3 rings (SSSR count). The Morgan fingerprint density at radius 3 is 2.70 bits per heavy atom. The third-order valence-electron chi connectivity index (χ3n) is 2.84. The van der Waals surface area contributed by atoms with Crippen LogP contribution in [-0.2, 0) is 0 Å². The molecule has 0 saturated heterocycles. The molecule has 0 saturated carbocycles. The van der Waals surface area contributed by atoms with Gasteiger partial charge in [-0.25, -0.2) is 9.97 Å². The third-order valence-corrected chi connectivity index (χ3v) is 3.41. The third kappa shape index (κ3) is 2.48. The fourth-order valence-electron chi connectivity index (χ4n) is 1.89. The molecule has 3 N–H and O–H groups in total. The van der Waals surface area contributed by atoms with Crippen LogP contribution in [0.2, 0.25) is 10.0 Å². The normalized spacial score (nSPS) is 10.7. The van der Waals surface area contributed by atoms with E-state index in [0.29, 0.717) is 27.2 Å². The fraction of sp³-hybridized carbons (Fsp3) is 0. The SMILES string of the molecule is Nc1ccc2ncnc(Nc3cc(Cl)ccc3Cl)c2c1. The molecule has 0 bridgehead atoms. The predicted molar refractivity (Wildman–Crippen MR) is 83.7 cm³/mol. The van der Waals surface area contributed by atoms with E-state index >= 15 is 0 Å². The lowest BCUT2D eigenvalue weighted by atomic mass is 10.2. The number of rotatable bonds is 2. The zero-order valence-corrected chi connectivity index (χ0v) is 11.8. The second-order valence-electron chi connectivity index (χ2n) is 4.25. The van der Waals surface area contributed by atoms with E-state index in [1.807, 2.05) is 12.1 Å². The number of hydrogen-bond donors (Lipinski definition) is 2. The van der Waals surface area contributed by atoms with E-state index in [0.717, 1.165) is 10.9 Å². The van der Waals surface area contributed by atoms with Crippen molar-refractivity contribution in [2.75, 3.05) is 11.1 Å². The molecular weight excluding hydrogens is 295 g/mol. The maximum absolute atomic E-state index is 6.14. The van der Waals surface area contributed by atoms with Gasteiger partial charge < -0.3 is 11.1 Å². The summed E-state index contributed by atoms with van der Waals surface area (Å²) in [5.41, 5.74) is 7.94. The molecule has 3 aromatic rings. The number of anilines is 3. The van der Waals surface area contributed by atoms with Crippen LogP contribution in [0, 0.1) is 0 Å². The molecule has 0 amide bonds. The second kappa shape index (κ2) is 5.15. The van der Waals surface area contributed by atoms with Crippen molar-refractivity contribution in [1.82, 2.24) is 9.97 Å². The van der Waals surface area contributed by atoms with Crippen LogP contribution in [-0.4, -0.2) is 9.97 Å². The van der Waals surface area contributed by atoms with E-state index in [1.165, 1.54) is 6.33 Å². The van der Waals surface area contributed by atoms with Crippen molar-refractivity contribution in [2.45, 2.75) is 0 Å². The van der Waals surface area contributed by atoms with Gasteiger partial charge in [0.15, 0.2) is 0 Å². The quantitative estimate of drug-likeness (QED) is 0.694. The van der Waals surface area contributed by atoms with Crippen LogP contribution in [0.5, 0.6) is 0 Å². The molecule has 0 aliphatic heterocycles. The van der Waals surface area contributed by atoms with E-state index in [1.54, 1.807) is 24.3 Å². The van der Waals surface area contributed by atoms with Crippen LogP contribution in [0.3, 0.4) is 0 Å². The summed E-state index contributed by atoms with van der Waals surface area (Å²) in [7, 11) is 0. The number of nitrogens with one attached hydrogen (secondary N) is 1. The van der Waals surface area contributed by atoms with Gasteiger partial charge in [-0.05, 0) is 36.4 Å². The lowest BCUT2D eigenvalue weighted by Gasteiger charge is -2.10. The minimum atomic E-state index is 0.560. The van der Waals surface area contributed by atoms with E-state index in [9.17, 15) is 0 Å². The smallest absolute Gasteiger partial charge is 0.141 e. The Balaban J connectivity index is 2.10. The van der Waals surface area contributed by atoms with E-state index in [-0.39, 0.29) is 0 Å². The zero-order chi connectivity index (χ0) is 14.1. The Labute approximate surface area is 125 Å². The molecule has 0 atom stereocenters. The maximum Gasteiger partial charge on any atom is 0.141 e. The molecule has 0 aliphatic carbocycles. The predicted octanol–water partition coefficient (Wildman–Crippen LogP) is 4.26. The molecule has 1 heterocycles. The minimum Gasteiger partial charge on any atom is -0.399 e. The summed E-state index contributed by atoms with van der Waals surface area (Å²) in [6, 6.07) is 10.7. The van der Waals surface area contributed by atoms with E-state index in [2.05, 4.69) is 15.3 Å². The van der Waals surface area contributed by atoms with Crippen LogP contribution < -0.4 is 11.1 Å². The fourth-order valence-corrected chi connectivity index (χ4v) is 2.23. The lowest BCUT2D eigenvalue weighted by molar-refractivity contribution is 1.22. The first-order valence-electron chi connectivity index (χ1n) is 5.86. The van der Waals surface area contributed by atoms with Crippen molar-refractivity contribution in [3.8, 4) is 0 Å². The number of nitrogen functional groups attached to an aromatic ring is 1. The summed E-state index contributed by atoms with van der Waals surface area (Å²) in [5, 5.41) is 5.14. The molecular formula is C14H10Cl2N4. The van der Waals surface area contributed by atoms with E-state index < -0.39 is 0 Å². The Bertz CT molecular complexity index is 789. The Kier molecular flexibility index (Phi) is 3.34. The van der Waals surface area contributed by atoms with Gasteiger partial charge in [0.05, 0.1) is 16.2 Å². The molecule has 1 aromatic heterocycles. The molecule has 0 aliphatic rings. The van der Waals surface area contributed by atoms with Gasteiger partial charge in [-0.1, -0.05) is 23.2 Å². The molecule has 6 heteroatoms. The summed E-state index contributed by atoms with van der Waals surface area (Å²) >= 11 is 12.1. The van der Waals surface area contributed by atoms with Crippen LogP contribution >= 0.6 is 23.2 Å². The van der Waals surface area contributed by atoms with Gasteiger partial charge in [-0.2, -0.15) is 0 Å². The monoisotopic (exact) mass is 304 g/mol. The Hall–Kier alpha value is -2.04. The molecule has 100 valence electrons. The van der Waals surface area contributed by atoms with Crippen LogP contribution in [0.15, 0.2) is 42.7 Å². The molecule has 2 aromatic carbocycles. The summed E-state index contributed by atoms with van der Waals surface area (Å²) in [5.74, 6) is 0.631. The second-order valence-corrected chi connectivity index (χ2v) is 5.09. The van der Waals surface area contributed by atoms with Crippen molar-refractivity contribution in [3.05, 3.63) is 52.8 Å². The number of nitrogens with two attached hydrogens (primary N) is 1. The highest BCUT2D eigenvalue weighted by molar-refractivity contribution is 6.35. The molecule has 20 heavy (non-hydrogen) atoms. The lowest BCUT2D eigenvalue weighted by Crippen LogP contribution is -1.97. The van der Waals surface area contributed by atoms with Crippen LogP contribution in [0.1, 0.15) is 0 Å². The number of benzene rings is 2. The summed E-state index contributed by atoms with van der Waals surface area (Å²) in [6.45, 7) is 0. The minimum absolute atomic E-state index is 0.560. The number of halogens is 2. The Morgan fingerprint density at radius 1 is 1.00 bits per heavy atom. The van der Waals surface area contributed by atoms with Crippen molar-refractivity contribution >= 4 is 51.3 Å². The van der Waals surface area contributed by atoms with Crippen molar-refractivity contribution in [3.63, 3.8) is 0 Å². The van der Waals surface area contributed by atoms with Crippen molar-refractivity contribution < 1.29 is 0 Å². The van der Waals surface area contributed by atoms with Gasteiger partial charge in [0.2, 0.25) is 0 Å². The molecule has 0 fully saturated rings. The maximum atomic E-state index is 6.14. The first-order chi connectivity index (χ1) is 9.63. The highest BCUT2D eigenvalue weighted by Gasteiger charge is 2.07. The van der Waals surface area contributed by atoms with Gasteiger partial charge in [-0.3, -0.25) is 0 Å². The molecule has 4 nitrogen and oxygen atoms in total. The van der Waals surface area contributed by atoms with Gasteiger partial charge in [0.25, 0.3) is 0 Å². The average molecular weight is 305 g/mol. The van der Waals surface area contributed by atoms with Crippen molar-refractivity contribution in [2.24, 2.45) is 0 Å². The summed E-state index contributed by atoms with van der Waals surface area (Å²) in [6.07, 6.45) is 1.49. The van der Waals surface area contributed by atoms with E-state index in [4.69, 9.17) is 28.9 Å². The zero-order valence-electron chi connectivity index (χ0n) is 10.3. The Morgan fingerprint density at radius 2 is 1.85 bits per heavy atom. The van der Waals surface area contributed by atoms with Crippen molar-refractivity contribution in [1.29, 1.82) is 0 Å². The molecule has 0 spiro atoms. The largest absolute Gasteiger partial charge is 0.399 e. The molecule has 0 unspecified atom stereocenters. The number of fused-ring (bicyclic) bond motifs is 1. The summed E-state index contributed by atoms with van der Waals surface area (Å²) < 4.78 is 0. The average Bonchev–Trinajstić information content (AvgIpc) is 2.43. The van der Waals surface area contributed by atoms with Gasteiger partial charge >= 0.3 is 0 Å². The highest BCUT2D eigenvalue weighted by atomic mass is 35.5. The van der Waals surface area contributed by atoms with Gasteiger partial charge in [0.1, 0.15) is 12.1 Å². The van der Waals surface area contributed by atoms with Crippen LogP contribution in [0.4, 0.5) is 17.2 Å². The molecule has 0 radical (unpaired) electrons.